The summed E-state index contributed by atoms with van der Waals surface area (Å²) in [5.74, 6) is -0.613. The number of carbonyl (C=O) groups excluding carboxylic acids is 1. The fraction of sp³-hybridized carbons (Fsp3) is 0.0769. The van der Waals surface area contributed by atoms with Crippen molar-refractivity contribution in [2.45, 2.75) is 6.61 Å². The van der Waals surface area contributed by atoms with Crippen LogP contribution < -0.4 is 9.47 Å². The van der Waals surface area contributed by atoms with E-state index in [0.717, 1.165) is 11.8 Å². The molecule has 2 heterocycles. The number of benzene rings is 3. The molecule has 0 atom stereocenters. The van der Waals surface area contributed by atoms with Crippen molar-refractivity contribution in [1.29, 1.82) is 5.41 Å². The molecule has 186 valence electrons. The maximum absolute atomic E-state index is 14.0. The van der Waals surface area contributed by atoms with Crippen molar-refractivity contribution in [2.75, 3.05) is 7.11 Å². The Bertz CT molecular complexity index is 1540. The van der Waals surface area contributed by atoms with Crippen molar-refractivity contribution < 1.29 is 18.7 Å². The van der Waals surface area contributed by atoms with Crippen LogP contribution in [0.1, 0.15) is 16.7 Å². The van der Waals surface area contributed by atoms with E-state index in [9.17, 15) is 9.18 Å². The molecule has 1 amide bonds. The maximum atomic E-state index is 14.0. The number of halogens is 3. The second kappa shape index (κ2) is 10.4. The Labute approximate surface area is 225 Å². The lowest BCUT2D eigenvalue weighted by Gasteiger charge is -2.20. The molecule has 0 saturated carbocycles. The summed E-state index contributed by atoms with van der Waals surface area (Å²) >= 11 is 13.9. The molecule has 5 rings (SSSR count). The van der Waals surface area contributed by atoms with Crippen molar-refractivity contribution in [3.05, 3.63) is 98.8 Å². The standard InChI is InChI=1S/C26H17Cl2FN4O3S/c1-35-21-12-14(11-19(28)22(21)36-13-15-6-2-5-9-20(15)29)10-17-23(30)33-26(31-24(17)34)37-25(32-33)16-7-3-4-8-18(16)27/h2-12,30H,13H2,1H3/b17-10-,30-23?. The molecule has 0 unspecified atom stereocenters. The first-order chi connectivity index (χ1) is 17.9. The molecule has 0 aromatic heterocycles. The molecule has 0 radical (unpaired) electrons. The highest BCUT2D eigenvalue weighted by Crippen LogP contribution is 2.38. The van der Waals surface area contributed by atoms with Crippen molar-refractivity contribution >= 4 is 63.0 Å². The van der Waals surface area contributed by atoms with Crippen molar-refractivity contribution in [3.8, 4) is 11.5 Å². The van der Waals surface area contributed by atoms with Gasteiger partial charge in [-0.3, -0.25) is 10.2 Å². The third-order valence-electron chi connectivity index (χ3n) is 5.45. The number of rotatable bonds is 6. The molecule has 0 bridgehead atoms. The Kier molecular flexibility index (Phi) is 7.01. The van der Waals surface area contributed by atoms with E-state index in [2.05, 4.69) is 10.1 Å². The highest BCUT2D eigenvalue weighted by Gasteiger charge is 2.36. The number of methoxy groups -OCH3 is 1. The highest BCUT2D eigenvalue weighted by atomic mass is 35.5. The van der Waals surface area contributed by atoms with Crippen LogP contribution in [0.4, 0.5) is 4.39 Å². The Hall–Kier alpha value is -3.66. The van der Waals surface area contributed by atoms with Crippen molar-refractivity contribution in [3.63, 3.8) is 0 Å². The van der Waals surface area contributed by atoms with Gasteiger partial charge in [0.2, 0.25) is 5.17 Å². The minimum absolute atomic E-state index is 0.0200. The fourth-order valence-corrected chi connectivity index (χ4v) is 5.12. The third-order valence-corrected chi connectivity index (χ3v) is 7.00. The number of amidine groups is 2. The quantitative estimate of drug-likeness (QED) is 0.357. The zero-order valence-electron chi connectivity index (χ0n) is 19.2. The van der Waals surface area contributed by atoms with E-state index in [1.165, 1.54) is 24.3 Å². The SMILES string of the molecule is COc1cc(/C=C2/C(=N)N3N=C(c4ccccc4Cl)SC3=NC2=O)cc(Cl)c1OCc1ccccc1F. The van der Waals surface area contributed by atoms with E-state index >= 15 is 0 Å². The lowest BCUT2D eigenvalue weighted by molar-refractivity contribution is -0.114. The summed E-state index contributed by atoms with van der Waals surface area (Å²) in [7, 11) is 1.44. The average molecular weight is 555 g/mol. The largest absolute Gasteiger partial charge is 0.493 e. The average Bonchev–Trinajstić information content (AvgIpc) is 3.30. The molecule has 3 aromatic rings. The van der Waals surface area contributed by atoms with Crippen LogP contribution in [0, 0.1) is 11.2 Å². The van der Waals surface area contributed by atoms with Gasteiger partial charge in [-0.05, 0) is 47.7 Å². The lowest BCUT2D eigenvalue weighted by Crippen LogP contribution is -2.35. The van der Waals surface area contributed by atoms with Crippen LogP contribution in [-0.4, -0.2) is 34.1 Å². The number of amides is 1. The molecule has 0 aliphatic carbocycles. The van der Waals surface area contributed by atoms with Gasteiger partial charge in [0, 0.05) is 11.1 Å². The predicted molar refractivity (Wildman–Crippen MR) is 144 cm³/mol. The van der Waals surface area contributed by atoms with E-state index in [-0.39, 0.29) is 39.7 Å². The molecule has 0 saturated heterocycles. The number of hydrogen-bond acceptors (Lipinski definition) is 6. The number of fused-ring (bicyclic) bond motifs is 1. The van der Waals surface area contributed by atoms with Crippen LogP contribution >= 0.6 is 35.0 Å². The van der Waals surface area contributed by atoms with Crippen LogP contribution in [-0.2, 0) is 11.4 Å². The van der Waals surface area contributed by atoms with Crippen molar-refractivity contribution in [2.24, 2.45) is 10.1 Å². The first-order valence-electron chi connectivity index (χ1n) is 10.8. The number of hydrogen-bond donors (Lipinski definition) is 1. The third kappa shape index (κ3) is 4.98. The van der Waals surface area contributed by atoms with E-state index in [0.29, 0.717) is 26.8 Å². The van der Waals surface area contributed by atoms with Gasteiger partial charge in [0.15, 0.2) is 17.3 Å². The van der Waals surface area contributed by atoms with E-state index in [4.69, 9.17) is 38.1 Å². The Morgan fingerprint density at radius 1 is 1.11 bits per heavy atom. The number of carbonyl (C=O) groups is 1. The molecule has 0 fully saturated rings. The van der Waals surface area contributed by atoms with Gasteiger partial charge in [0.05, 0.1) is 22.7 Å². The lowest BCUT2D eigenvalue weighted by atomic mass is 10.1. The predicted octanol–water partition coefficient (Wildman–Crippen LogP) is 6.39. The molecule has 7 nitrogen and oxygen atoms in total. The van der Waals surface area contributed by atoms with E-state index in [1.807, 2.05) is 6.07 Å². The van der Waals surface area contributed by atoms with Crippen LogP contribution in [0.15, 0.2) is 76.3 Å². The molecule has 11 heteroatoms. The summed E-state index contributed by atoms with van der Waals surface area (Å²) in [6.07, 6.45) is 1.48. The van der Waals surface area contributed by atoms with E-state index in [1.54, 1.807) is 48.5 Å². The van der Waals surface area contributed by atoms with Crippen LogP contribution in [0.2, 0.25) is 10.0 Å². The summed E-state index contributed by atoms with van der Waals surface area (Å²) < 4.78 is 25.1. The minimum Gasteiger partial charge on any atom is -0.493 e. The summed E-state index contributed by atoms with van der Waals surface area (Å²) in [6.45, 7) is -0.0534. The van der Waals surface area contributed by atoms with E-state index < -0.39 is 11.7 Å². The fourth-order valence-electron chi connectivity index (χ4n) is 3.63. The van der Waals surface area contributed by atoms with Crippen LogP contribution in [0.5, 0.6) is 11.5 Å². The van der Waals surface area contributed by atoms with Gasteiger partial charge < -0.3 is 9.47 Å². The van der Waals surface area contributed by atoms with Crippen LogP contribution in [0.3, 0.4) is 0 Å². The molecular formula is C26H17Cl2FN4O3S. The minimum atomic E-state index is -0.589. The second-order valence-corrected chi connectivity index (χ2v) is 9.59. The molecule has 1 N–H and O–H groups in total. The van der Waals surface area contributed by atoms with Crippen LogP contribution in [0.25, 0.3) is 6.08 Å². The summed E-state index contributed by atoms with van der Waals surface area (Å²) in [5, 5.41) is 15.9. The van der Waals surface area contributed by atoms with Gasteiger partial charge in [-0.25, -0.2) is 4.39 Å². The van der Waals surface area contributed by atoms with Crippen molar-refractivity contribution in [1.82, 2.24) is 5.01 Å². The number of nitrogens with one attached hydrogen (secondary N) is 1. The number of thioether (sulfide) groups is 1. The molecule has 2 aliphatic heterocycles. The monoisotopic (exact) mass is 554 g/mol. The summed E-state index contributed by atoms with van der Waals surface area (Å²) in [6, 6.07) is 16.6. The number of hydrazone groups is 1. The number of nitrogens with zero attached hydrogens (tertiary/aromatic N) is 3. The maximum Gasteiger partial charge on any atom is 0.283 e. The molecule has 2 aliphatic rings. The van der Waals surface area contributed by atoms with Gasteiger partial charge >= 0.3 is 0 Å². The van der Waals surface area contributed by atoms with Gasteiger partial charge in [0.1, 0.15) is 17.5 Å². The Balaban J connectivity index is 1.43. The molecule has 3 aromatic carbocycles. The Morgan fingerprint density at radius 3 is 2.62 bits per heavy atom. The number of ether oxygens (including phenoxy) is 2. The summed E-state index contributed by atoms with van der Waals surface area (Å²) in [5.41, 5.74) is 1.54. The zero-order valence-corrected chi connectivity index (χ0v) is 21.5. The van der Waals surface area contributed by atoms with Gasteiger partial charge in [-0.1, -0.05) is 59.6 Å². The van der Waals surface area contributed by atoms with Gasteiger partial charge in [0.25, 0.3) is 5.91 Å². The zero-order chi connectivity index (χ0) is 26.1. The highest BCUT2D eigenvalue weighted by molar-refractivity contribution is 8.27. The first kappa shape index (κ1) is 25.0. The molecule has 0 spiro atoms. The van der Waals surface area contributed by atoms with Gasteiger partial charge in [-0.2, -0.15) is 15.1 Å². The summed E-state index contributed by atoms with van der Waals surface area (Å²) in [4.78, 5) is 16.9. The normalized spacial score (nSPS) is 16.0. The topological polar surface area (TPSA) is 87.3 Å². The molecule has 37 heavy (non-hydrogen) atoms. The second-order valence-electron chi connectivity index (χ2n) is 7.82. The Morgan fingerprint density at radius 2 is 1.86 bits per heavy atom. The molecular weight excluding hydrogens is 538 g/mol. The van der Waals surface area contributed by atoms with Gasteiger partial charge in [-0.15, -0.1) is 0 Å². The number of aliphatic imine (C=N–C) groups is 1. The first-order valence-corrected chi connectivity index (χ1v) is 12.4. The smallest absolute Gasteiger partial charge is 0.283 e.